The third-order valence-corrected chi connectivity index (χ3v) is 3.05. The highest BCUT2D eigenvalue weighted by molar-refractivity contribution is 5.78. The normalized spacial score (nSPS) is 11.2. The number of rotatable bonds is 6. The van der Waals surface area contributed by atoms with E-state index in [0.717, 1.165) is 6.07 Å². The fourth-order valence-electron chi connectivity index (χ4n) is 1.79. The molecule has 122 valence electrons. The van der Waals surface area contributed by atoms with E-state index in [-0.39, 0.29) is 17.0 Å². The number of hydrogen-bond acceptors (Lipinski definition) is 6. The summed E-state index contributed by atoms with van der Waals surface area (Å²) in [4.78, 5) is 21.4. The molecular formula is C16H13N3O5. The molecule has 2 aromatic carbocycles. The summed E-state index contributed by atoms with van der Waals surface area (Å²) in [5.41, 5.74) is 4.97. The van der Waals surface area contributed by atoms with E-state index in [0.29, 0.717) is 11.5 Å². The van der Waals surface area contributed by atoms with Crippen LogP contribution in [-0.4, -0.2) is 16.9 Å². The quantitative estimate of drug-likeness (QED) is 0.641. The van der Waals surface area contributed by atoms with Crippen molar-refractivity contribution in [3.63, 3.8) is 0 Å². The van der Waals surface area contributed by atoms with Crippen LogP contribution in [0.15, 0.2) is 42.5 Å². The predicted molar refractivity (Wildman–Crippen MR) is 83.6 cm³/mol. The Morgan fingerprint density at radius 3 is 2.42 bits per heavy atom. The van der Waals surface area contributed by atoms with Crippen molar-refractivity contribution in [1.82, 2.24) is 0 Å². The van der Waals surface area contributed by atoms with Gasteiger partial charge in [0.05, 0.1) is 16.6 Å². The lowest BCUT2D eigenvalue weighted by Gasteiger charge is -2.12. The van der Waals surface area contributed by atoms with Crippen LogP contribution in [0.3, 0.4) is 0 Å². The number of carbonyl (C=O) groups is 1. The summed E-state index contributed by atoms with van der Waals surface area (Å²) in [5.74, 6) is 0.159. The minimum absolute atomic E-state index is 0.0122. The number of primary amides is 1. The number of benzene rings is 2. The molecule has 8 nitrogen and oxygen atoms in total. The summed E-state index contributed by atoms with van der Waals surface area (Å²) in [5, 5.41) is 19.9. The molecule has 24 heavy (non-hydrogen) atoms. The van der Waals surface area contributed by atoms with Crippen molar-refractivity contribution in [2.24, 2.45) is 5.73 Å². The maximum atomic E-state index is 11.1. The zero-order valence-corrected chi connectivity index (χ0v) is 12.6. The lowest BCUT2D eigenvalue weighted by molar-refractivity contribution is -0.385. The molecule has 0 heterocycles. The van der Waals surface area contributed by atoms with Crippen molar-refractivity contribution in [3.05, 3.63) is 58.1 Å². The summed E-state index contributed by atoms with van der Waals surface area (Å²) < 4.78 is 10.8. The molecule has 8 heteroatoms. The Morgan fingerprint density at radius 2 is 1.88 bits per heavy atom. The topological polar surface area (TPSA) is 128 Å². The molecule has 1 unspecified atom stereocenters. The molecule has 2 N–H and O–H groups in total. The number of amides is 1. The van der Waals surface area contributed by atoms with Crippen molar-refractivity contribution < 1.29 is 19.2 Å². The van der Waals surface area contributed by atoms with Crippen LogP contribution in [0.4, 0.5) is 5.69 Å². The zero-order valence-electron chi connectivity index (χ0n) is 12.6. The second kappa shape index (κ2) is 7.11. The Kier molecular flexibility index (Phi) is 4.96. The van der Waals surface area contributed by atoms with Crippen molar-refractivity contribution >= 4 is 11.6 Å². The van der Waals surface area contributed by atoms with Gasteiger partial charge in [0.1, 0.15) is 11.5 Å². The second-order valence-corrected chi connectivity index (χ2v) is 4.79. The number of ether oxygens (including phenoxy) is 2. The highest BCUT2D eigenvalue weighted by atomic mass is 16.6. The predicted octanol–water partition coefficient (Wildman–Crippen LogP) is 2.51. The van der Waals surface area contributed by atoms with Gasteiger partial charge in [0.2, 0.25) is 5.75 Å². The van der Waals surface area contributed by atoms with E-state index in [4.69, 9.17) is 20.5 Å². The number of hydrogen-bond donors (Lipinski definition) is 1. The molecule has 0 aliphatic heterocycles. The molecule has 0 saturated carbocycles. The number of carbonyl (C=O) groups excluding carboxylic acids is 1. The number of nitrogens with two attached hydrogens (primary N) is 1. The summed E-state index contributed by atoms with van der Waals surface area (Å²) in [6, 6.07) is 11.9. The van der Waals surface area contributed by atoms with Crippen LogP contribution in [0.5, 0.6) is 17.2 Å². The molecule has 0 aliphatic rings. The minimum atomic E-state index is -0.781. The maximum absolute atomic E-state index is 11.1. The molecule has 1 atom stereocenters. The van der Waals surface area contributed by atoms with Crippen LogP contribution in [0.2, 0.25) is 0 Å². The van der Waals surface area contributed by atoms with Crippen LogP contribution in [0.1, 0.15) is 12.5 Å². The van der Waals surface area contributed by atoms with Crippen LogP contribution < -0.4 is 15.2 Å². The largest absolute Gasteiger partial charge is 0.481 e. The Labute approximate surface area is 137 Å². The summed E-state index contributed by atoms with van der Waals surface area (Å²) in [6.45, 7) is 1.52. The molecule has 0 spiro atoms. The number of nitro benzene ring substituents is 1. The van der Waals surface area contributed by atoms with Crippen LogP contribution in [-0.2, 0) is 4.79 Å². The molecule has 0 radical (unpaired) electrons. The van der Waals surface area contributed by atoms with E-state index in [9.17, 15) is 14.9 Å². The molecule has 0 aliphatic carbocycles. The van der Waals surface area contributed by atoms with Crippen LogP contribution in [0, 0.1) is 21.4 Å². The molecule has 0 saturated heterocycles. The standard InChI is InChI=1S/C16H13N3O5/c1-10(16(18)20)23-12-3-5-13(6-4-12)24-15-7-2-11(9-17)8-14(15)19(21)22/h2-8,10H,1H3,(H2,18,20). The number of nitrogens with zero attached hydrogens (tertiary/aromatic N) is 2. The minimum Gasteiger partial charge on any atom is -0.481 e. The van der Waals surface area contributed by atoms with Crippen LogP contribution in [0.25, 0.3) is 0 Å². The average molecular weight is 327 g/mol. The highest BCUT2D eigenvalue weighted by Crippen LogP contribution is 2.32. The monoisotopic (exact) mass is 327 g/mol. The van der Waals surface area contributed by atoms with Gasteiger partial charge in [0, 0.05) is 6.07 Å². The molecule has 1 amide bonds. The van der Waals surface area contributed by atoms with Crippen LogP contribution >= 0.6 is 0 Å². The first kappa shape index (κ1) is 16.8. The lowest BCUT2D eigenvalue weighted by atomic mass is 10.2. The molecular weight excluding hydrogens is 314 g/mol. The van der Waals surface area contributed by atoms with Gasteiger partial charge >= 0.3 is 5.69 Å². The van der Waals surface area contributed by atoms with Crippen molar-refractivity contribution in [1.29, 1.82) is 5.26 Å². The third kappa shape index (κ3) is 3.98. The molecule has 2 aromatic rings. The van der Waals surface area contributed by atoms with E-state index in [1.807, 2.05) is 6.07 Å². The maximum Gasteiger partial charge on any atom is 0.312 e. The van der Waals surface area contributed by atoms with Crippen molar-refractivity contribution in [3.8, 4) is 23.3 Å². The van der Waals surface area contributed by atoms with Gasteiger partial charge in [-0.3, -0.25) is 14.9 Å². The molecule has 0 fully saturated rings. The smallest absolute Gasteiger partial charge is 0.312 e. The van der Waals surface area contributed by atoms with Gasteiger partial charge in [-0.1, -0.05) is 0 Å². The summed E-state index contributed by atoms with van der Waals surface area (Å²) in [6.07, 6.45) is -0.781. The first-order chi connectivity index (χ1) is 11.4. The second-order valence-electron chi connectivity index (χ2n) is 4.79. The first-order valence-electron chi connectivity index (χ1n) is 6.83. The lowest BCUT2D eigenvalue weighted by Crippen LogP contribution is -2.30. The van der Waals surface area contributed by atoms with E-state index in [1.165, 1.54) is 31.2 Å². The van der Waals surface area contributed by atoms with E-state index >= 15 is 0 Å². The number of nitro groups is 1. The SMILES string of the molecule is CC(Oc1ccc(Oc2ccc(C#N)cc2[N+](=O)[O-])cc1)C(N)=O. The highest BCUT2D eigenvalue weighted by Gasteiger charge is 2.17. The molecule has 0 bridgehead atoms. The van der Waals surface area contributed by atoms with Gasteiger partial charge in [-0.25, -0.2) is 0 Å². The van der Waals surface area contributed by atoms with Crippen molar-refractivity contribution in [2.75, 3.05) is 0 Å². The average Bonchev–Trinajstić information content (AvgIpc) is 2.56. The molecule has 2 rings (SSSR count). The van der Waals surface area contributed by atoms with Crippen molar-refractivity contribution in [2.45, 2.75) is 13.0 Å². The van der Waals surface area contributed by atoms with Gasteiger partial charge in [0.25, 0.3) is 5.91 Å². The Balaban J connectivity index is 2.19. The van der Waals surface area contributed by atoms with Gasteiger partial charge in [-0.05, 0) is 43.3 Å². The Hall–Kier alpha value is -3.60. The van der Waals surface area contributed by atoms with Gasteiger partial charge in [-0.2, -0.15) is 5.26 Å². The molecule has 0 aromatic heterocycles. The van der Waals surface area contributed by atoms with E-state index in [2.05, 4.69) is 0 Å². The summed E-state index contributed by atoms with van der Waals surface area (Å²) in [7, 11) is 0. The zero-order chi connectivity index (χ0) is 17.7. The Morgan fingerprint density at radius 1 is 1.25 bits per heavy atom. The fraction of sp³-hybridized carbons (Fsp3) is 0.125. The third-order valence-electron chi connectivity index (χ3n) is 3.05. The number of nitriles is 1. The summed E-state index contributed by atoms with van der Waals surface area (Å²) >= 11 is 0. The fourth-order valence-corrected chi connectivity index (χ4v) is 1.79. The van der Waals surface area contributed by atoms with E-state index in [1.54, 1.807) is 12.1 Å². The first-order valence-corrected chi connectivity index (χ1v) is 6.83. The Bertz CT molecular complexity index is 811. The van der Waals surface area contributed by atoms with Gasteiger partial charge in [0.15, 0.2) is 6.10 Å². The van der Waals surface area contributed by atoms with Gasteiger partial charge in [-0.15, -0.1) is 0 Å². The van der Waals surface area contributed by atoms with Gasteiger partial charge < -0.3 is 15.2 Å². The van der Waals surface area contributed by atoms with E-state index < -0.39 is 16.9 Å².